The van der Waals surface area contributed by atoms with Gasteiger partial charge in [0.15, 0.2) is 11.5 Å². The maximum absolute atomic E-state index is 5.64. The summed E-state index contributed by atoms with van der Waals surface area (Å²) in [6, 6.07) is 6.33. The molecule has 2 rings (SSSR count). The summed E-state index contributed by atoms with van der Waals surface area (Å²) in [5.41, 5.74) is 1.20. The second-order valence-corrected chi connectivity index (χ2v) is 5.66. The molecule has 1 aliphatic carbocycles. The van der Waals surface area contributed by atoms with E-state index >= 15 is 0 Å². The molecular weight excluding hydrogens is 266 g/mol. The molecule has 0 bridgehead atoms. The van der Waals surface area contributed by atoms with Crippen LogP contribution in [-0.4, -0.2) is 34.0 Å². The number of hydrogen-bond acceptors (Lipinski definition) is 4. The molecule has 1 aliphatic rings. The summed E-state index contributed by atoms with van der Waals surface area (Å²) in [6.45, 7) is 4.92. The van der Waals surface area contributed by atoms with E-state index in [1.54, 1.807) is 14.2 Å². The van der Waals surface area contributed by atoms with Crippen LogP contribution in [0.5, 0.6) is 11.5 Å². The van der Waals surface area contributed by atoms with Crippen molar-refractivity contribution in [1.82, 2.24) is 5.32 Å². The predicted octanol–water partition coefficient (Wildman–Crippen LogP) is 3.17. The van der Waals surface area contributed by atoms with Gasteiger partial charge in [0.25, 0.3) is 0 Å². The topological polar surface area (TPSA) is 39.7 Å². The standard InChI is InChI=1S/C17H27NO3/c1-13(18-9-4-10-21-12-14-5-6-14)15-7-8-16(19-2)17(11-15)20-3/h7-8,11,13-14,18H,4-6,9-10,12H2,1-3H3. The lowest BCUT2D eigenvalue weighted by Gasteiger charge is -2.16. The Bertz CT molecular complexity index is 432. The molecule has 4 nitrogen and oxygen atoms in total. The molecule has 0 radical (unpaired) electrons. The normalized spacial score (nSPS) is 15.8. The maximum atomic E-state index is 5.64. The highest BCUT2D eigenvalue weighted by atomic mass is 16.5. The molecule has 21 heavy (non-hydrogen) atoms. The van der Waals surface area contributed by atoms with Crippen molar-refractivity contribution in [3.8, 4) is 11.5 Å². The average Bonchev–Trinajstić information content (AvgIpc) is 3.33. The van der Waals surface area contributed by atoms with Gasteiger partial charge in [-0.1, -0.05) is 6.07 Å². The van der Waals surface area contributed by atoms with Gasteiger partial charge in [-0.2, -0.15) is 0 Å². The highest BCUT2D eigenvalue weighted by Crippen LogP contribution is 2.30. The summed E-state index contributed by atoms with van der Waals surface area (Å²) in [4.78, 5) is 0. The molecule has 1 aromatic carbocycles. The minimum Gasteiger partial charge on any atom is -0.493 e. The highest BCUT2D eigenvalue weighted by Gasteiger charge is 2.20. The Morgan fingerprint density at radius 1 is 1.19 bits per heavy atom. The van der Waals surface area contributed by atoms with Crippen LogP contribution >= 0.6 is 0 Å². The van der Waals surface area contributed by atoms with Crippen LogP contribution < -0.4 is 14.8 Å². The lowest BCUT2D eigenvalue weighted by atomic mass is 10.1. The molecule has 1 atom stereocenters. The van der Waals surface area contributed by atoms with Gasteiger partial charge in [-0.3, -0.25) is 0 Å². The molecular formula is C17H27NO3. The van der Waals surface area contributed by atoms with Crippen LogP contribution in [0.2, 0.25) is 0 Å². The Kier molecular flexibility index (Phi) is 6.33. The van der Waals surface area contributed by atoms with Crippen LogP contribution in [0.25, 0.3) is 0 Å². The van der Waals surface area contributed by atoms with Crippen molar-refractivity contribution in [1.29, 1.82) is 0 Å². The SMILES string of the molecule is COc1ccc(C(C)NCCCOCC2CC2)cc1OC. The van der Waals surface area contributed by atoms with E-state index in [0.717, 1.165) is 43.6 Å². The second kappa shape index (κ2) is 8.25. The first-order valence-electron chi connectivity index (χ1n) is 7.77. The molecule has 118 valence electrons. The molecule has 1 fully saturated rings. The van der Waals surface area contributed by atoms with Crippen molar-refractivity contribution >= 4 is 0 Å². The van der Waals surface area contributed by atoms with Crippen molar-refractivity contribution in [2.24, 2.45) is 5.92 Å². The van der Waals surface area contributed by atoms with Crippen molar-refractivity contribution in [3.05, 3.63) is 23.8 Å². The molecule has 1 N–H and O–H groups in total. The lowest BCUT2D eigenvalue weighted by molar-refractivity contribution is 0.121. The molecule has 1 saturated carbocycles. The van der Waals surface area contributed by atoms with Crippen molar-refractivity contribution in [2.45, 2.75) is 32.2 Å². The second-order valence-electron chi connectivity index (χ2n) is 5.66. The van der Waals surface area contributed by atoms with E-state index in [1.807, 2.05) is 12.1 Å². The van der Waals surface area contributed by atoms with Crippen LogP contribution in [-0.2, 0) is 4.74 Å². The Balaban J connectivity index is 1.70. The molecule has 1 unspecified atom stereocenters. The number of methoxy groups -OCH3 is 2. The van der Waals surface area contributed by atoms with Gasteiger partial charge in [-0.15, -0.1) is 0 Å². The fourth-order valence-corrected chi connectivity index (χ4v) is 2.27. The number of nitrogens with one attached hydrogen (secondary N) is 1. The molecule has 0 spiro atoms. The minimum absolute atomic E-state index is 0.285. The smallest absolute Gasteiger partial charge is 0.161 e. The molecule has 0 heterocycles. The zero-order chi connectivity index (χ0) is 15.1. The Labute approximate surface area is 127 Å². The number of ether oxygens (including phenoxy) is 3. The fraction of sp³-hybridized carbons (Fsp3) is 0.647. The predicted molar refractivity (Wildman–Crippen MR) is 84.1 cm³/mol. The third-order valence-corrected chi connectivity index (χ3v) is 3.87. The molecule has 0 aromatic heterocycles. The van der Waals surface area contributed by atoms with Gasteiger partial charge >= 0.3 is 0 Å². The van der Waals surface area contributed by atoms with E-state index in [-0.39, 0.29) is 6.04 Å². The van der Waals surface area contributed by atoms with E-state index in [9.17, 15) is 0 Å². The first-order valence-corrected chi connectivity index (χ1v) is 7.77. The molecule has 0 aliphatic heterocycles. The van der Waals surface area contributed by atoms with E-state index in [2.05, 4.69) is 18.3 Å². The number of hydrogen-bond donors (Lipinski definition) is 1. The van der Waals surface area contributed by atoms with Crippen LogP contribution in [0.3, 0.4) is 0 Å². The van der Waals surface area contributed by atoms with Gasteiger partial charge in [0.2, 0.25) is 0 Å². The zero-order valence-corrected chi connectivity index (χ0v) is 13.4. The molecule has 0 saturated heterocycles. The largest absolute Gasteiger partial charge is 0.493 e. The van der Waals surface area contributed by atoms with E-state index < -0.39 is 0 Å². The van der Waals surface area contributed by atoms with Gasteiger partial charge in [-0.25, -0.2) is 0 Å². The Morgan fingerprint density at radius 2 is 1.95 bits per heavy atom. The monoisotopic (exact) mass is 293 g/mol. The van der Waals surface area contributed by atoms with Crippen molar-refractivity contribution < 1.29 is 14.2 Å². The van der Waals surface area contributed by atoms with Gasteiger partial charge in [0, 0.05) is 19.3 Å². The average molecular weight is 293 g/mol. The van der Waals surface area contributed by atoms with Crippen LogP contribution in [0, 0.1) is 5.92 Å². The third-order valence-electron chi connectivity index (χ3n) is 3.87. The van der Waals surface area contributed by atoms with Crippen LogP contribution in [0.1, 0.15) is 37.8 Å². The summed E-state index contributed by atoms with van der Waals surface area (Å²) < 4.78 is 16.2. The van der Waals surface area contributed by atoms with Crippen LogP contribution in [0.4, 0.5) is 0 Å². The van der Waals surface area contributed by atoms with Gasteiger partial charge in [0.05, 0.1) is 14.2 Å². The summed E-state index contributed by atoms with van der Waals surface area (Å²) in [5, 5.41) is 3.52. The van der Waals surface area contributed by atoms with Gasteiger partial charge < -0.3 is 19.5 Å². The first kappa shape index (κ1) is 16.1. The van der Waals surface area contributed by atoms with E-state index in [0.29, 0.717) is 0 Å². The van der Waals surface area contributed by atoms with E-state index in [4.69, 9.17) is 14.2 Å². The molecule has 4 heteroatoms. The van der Waals surface area contributed by atoms with Crippen LogP contribution in [0.15, 0.2) is 18.2 Å². The number of rotatable bonds is 10. The fourth-order valence-electron chi connectivity index (χ4n) is 2.27. The number of benzene rings is 1. The minimum atomic E-state index is 0.285. The van der Waals surface area contributed by atoms with Gasteiger partial charge in [0.1, 0.15) is 0 Å². The highest BCUT2D eigenvalue weighted by molar-refractivity contribution is 5.43. The van der Waals surface area contributed by atoms with Gasteiger partial charge in [-0.05, 0) is 56.3 Å². The van der Waals surface area contributed by atoms with Crippen molar-refractivity contribution in [3.63, 3.8) is 0 Å². The summed E-state index contributed by atoms with van der Waals surface area (Å²) in [5.74, 6) is 2.39. The maximum Gasteiger partial charge on any atom is 0.161 e. The third kappa shape index (κ3) is 5.21. The lowest BCUT2D eigenvalue weighted by Crippen LogP contribution is -2.21. The molecule has 0 amide bonds. The first-order chi connectivity index (χ1) is 10.2. The zero-order valence-electron chi connectivity index (χ0n) is 13.4. The summed E-state index contributed by atoms with van der Waals surface area (Å²) >= 11 is 0. The van der Waals surface area contributed by atoms with Crippen molar-refractivity contribution in [2.75, 3.05) is 34.0 Å². The van der Waals surface area contributed by atoms with E-state index in [1.165, 1.54) is 18.4 Å². The summed E-state index contributed by atoms with van der Waals surface area (Å²) in [7, 11) is 3.32. The quantitative estimate of drug-likeness (QED) is 0.673. The summed E-state index contributed by atoms with van der Waals surface area (Å²) in [6.07, 6.45) is 3.76. The Hall–Kier alpha value is -1.26. The molecule has 1 aromatic rings. The Morgan fingerprint density at radius 3 is 2.62 bits per heavy atom.